The molecule has 90 valence electrons. The highest BCUT2D eigenvalue weighted by molar-refractivity contribution is 5.88. The molecule has 1 aromatic carbocycles. The largest absolute Gasteiger partial charge is 0.478 e. The second-order valence-corrected chi connectivity index (χ2v) is 3.79. The summed E-state index contributed by atoms with van der Waals surface area (Å²) in [4.78, 5) is 19.2. The first-order valence-electron chi connectivity index (χ1n) is 5.46. The van der Waals surface area contributed by atoms with Crippen molar-refractivity contribution >= 4 is 5.97 Å². The Bertz CT molecular complexity index is 559. The Kier molecular flexibility index (Phi) is 3.48. The number of carbonyl (C=O) groups is 1. The third-order valence-corrected chi connectivity index (χ3v) is 2.48. The quantitative estimate of drug-likeness (QED) is 0.834. The highest BCUT2D eigenvalue weighted by Crippen LogP contribution is 2.15. The van der Waals surface area contributed by atoms with Crippen molar-refractivity contribution in [1.29, 1.82) is 0 Å². The van der Waals surface area contributed by atoms with Crippen molar-refractivity contribution in [3.63, 3.8) is 0 Å². The first-order chi connectivity index (χ1) is 8.70. The highest BCUT2D eigenvalue weighted by atomic mass is 16.4. The van der Waals surface area contributed by atoms with Gasteiger partial charge in [0.2, 0.25) is 0 Å². The van der Waals surface area contributed by atoms with Crippen LogP contribution in [0.1, 0.15) is 15.9 Å². The van der Waals surface area contributed by atoms with Gasteiger partial charge in [0.15, 0.2) is 5.82 Å². The molecule has 1 heterocycles. The molecule has 0 aliphatic rings. The van der Waals surface area contributed by atoms with E-state index < -0.39 is 5.97 Å². The predicted molar refractivity (Wildman–Crippen MR) is 68.3 cm³/mol. The fourth-order valence-corrected chi connectivity index (χ4v) is 1.54. The number of benzene rings is 1. The van der Waals surface area contributed by atoms with Gasteiger partial charge in [-0.05, 0) is 24.1 Å². The molecule has 0 amide bonds. The molecule has 0 saturated carbocycles. The molecule has 0 radical (unpaired) electrons. The van der Waals surface area contributed by atoms with Crippen LogP contribution >= 0.6 is 0 Å². The lowest BCUT2D eigenvalue weighted by atomic mass is 10.1. The number of hydrogen-bond acceptors (Lipinski definition) is 3. The zero-order valence-corrected chi connectivity index (χ0v) is 9.71. The summed E-state index contributed by atoms with van der Waals surface area (Å²) in [5, 5.41) is 8.80. The Morgan fingerprint density at radius 2 is 1.83 bits per heavy atom. The maximum absolute atomic E-state index is 10.7. The molecule has 0 atom stereocenters. The fourth-order valence-electron chi connectivity index (χ4n) is 1.54. The molecule has 4 heteroatoms. The van der Waals surface area contributed by atoms with Crippen molar-refractivity contribution in [3.8, 4) is 11.4 Å². The van der Waals surface area contributed by atoms with Gasteiger partial charge in [-0.25, -0.2) is 14.8 Å². The zero-order chi connectivity index (χ0) is 13.0. The van der Waals surface area contributed by atoms with E-state index in [4.69, 9.17) is 5.11 Å². The van der Waals surface area contributed by atoms with Gasteiger partial charge in [-0.1, -0.05) is 18.2 Å². The summed E-state index contributed by atoms with van der Waals surface area (Å²) in [6.07, 6.45) is 6.02. The van der Waals surface area contributed by atoms with Gasteiger partial charge in [0.05, 0.1) is 5.56 Å². The molecular formula is C14H12N2O2. The Hall–Kier alpha value is -2.49. The summed E-state index contributed by atoms with van der Waals surface area (Å²) in [6, 6.07) is 6.48. The number of aromatic carboxylic acids is 1. The smallest absolute Gasteiger partial charge is 0.335 e. The Labute approximate surface area is 105 Å². The summed E-state index contributed by atoms with van der Waals surface area (Å²) in [5.41, 5.74) is 2.04. The molecule has 0 fully saturated rings. The molecule has 0 spiro atoms. The van der Waals surface area contributed by atoms with Crippen LogP contribution in [-0.2, 0) is 6.42 Å². The topological polar surface area (TPSA) is 63.1 Å². The van der Waals surface area contributed by atoms with Crippen molar-refractivity contribution in [2.45, 2.75) is 6.42 Å². The van der Waals surface area contributed by atoms with Crippen LogP contribution in [0.2, 0.25) is 0 Å². The Balaban J connectivity index is 2.25. The molecule has 4 nitrogen and oxygen atoms in total. The number of aromatic nitrogens is 2. The summed E-state index contributed by atoms with van der Waals surface area (Å²) in [7, 11) is 0. The lowest BCUT2D eigenvalue weighted by molar-refractivity contribution is 0.0697. The fraction of sp³-hybridized carbons (Fsp3) is 0.0714. The van der Waals surface area contributed by atoms with E-state index in [0.29, 0.717) is 5.82 Å². The monoisotopic (exact) mass is 240 g/mol. The molecule has 1 N–H and O–H groups in total. The highest BCUT2D eigenvalue weighted by Gasteiger charge is 2.04. The van der Waals surface area contributed by atoms with Crippen molar-refractivity contribution in [2.75, 3.05) is 0 Å². The van der Waals surface area contributed by atoms with Gasteiger partial charge in [-0.2, -0.15) is 0 Å². The van der Waals surface area contributed by atoms with Crippen molar-refractivity contribution in [1.82, 2.24) is 9.97 Å². The molecule has 1 aromatic heterocycles. The van der Waals surface area contributed by atoms with Crippen molar-refractivity contribution < 1.29 is 9.90 Å². The number of hydrogen-bond donors (Lipinski definition) is 1. The summed E-state index contributed by atoms with van der Waals surface area (Å²) in [5.74, 6) is -0.358. The lowest BCUT2D eigenvalue weighted by Crippen LogP contribution is -1.96. The van der Waals surface area contributed by atoms with Crippen LogP contribution in [0.5, 0.6) is 0 Å². The minimum absolute atomic E-state index is 0.252. The standard InChI is InChI=1S/C14H12N2O2/c1-2-3-10-8-15-13(16-9-10)11-4-6-12(7-5-11)14(17)18/h2,4-9H,1,3H2,(H,17,18). The van der Waals surface area contributed by atoms with Crippen LogP contribution in [-0.4, -0.2) is 21.0 Å². The normalized spacial score (nSPS) is 10.0. The lowest BCUT2D eigenvalue weighted by Gasteiger charge is -2.01. The number of rotatable bonds is 4. The van der Waals surface area contributed by atoms with Crippen molar-refractivity contribution in [3.05, 3.63) is 60.4 Å². The van der Waals surface area contributed by atoms with Gasteiger partial charge >= 0.3 is 5.97 Å². The molecule has 0 saturated heterocycles. The third-order valence-electron chi connectivity index (χ3n) is 2.48. The molecule has 0 unspecified atom stereocenters. The average molecular weight is 240 g/mol. The zero-order valence-electron chi connectivity index (χ0n) is 9.71. The van der Waals surface area contributed by atoms with Gasteiger partial charge in [0.1, 0.15) is 0 Å². The van der Waals surface area contributed by atoms with E-state index in [-0.39, 0.29) is 5.56 Å². The van der Waals surface area contributed by atoms with Crippen LogP contribution in [0.3, 0.4) is 0 Å². The maximum Gasteiger partial charge on any atom is 0.335 e. The second-order valence-electron chi connectivity index (χ2n) is 3.79. The van der Waals surface area contributed by atoms with Crippen molar-refractivity contribution in [2.24, 2.45) is 0 Å². The van der Waals surface area contributed by atoms with Gasteiger partial charge in [0.25, 0.3) is 0 Å². The molecule has 2 aromatic rings. The van der Waals surface area contributed by atoms with E-state index in [9.17, 15) is 4.79 Å². The maximum atomic E-state index is 10.7. The molecule has 2 rings (SSSR count). The number of carboxylic acid groups (broad SMARTS) is 1. The van der Waals surface area contributed by atoms with E-state index in [1.54, 1.807) is 42.7 Å². The van der Waals surface area contributed by atoms with E-state index in [1.165, 1.54) is 0 Å². The molecule has 0 aliphatic carbocycles. The van der Waals surface area contributed by atoms with Crippen LogP contribution < -0.4 is 0 Å². The first kappa shape index (κ1) is 12.0. The predicted octanol–water partition coefficient (Wildman–Crippen LogP) is 2.57. The van der Waals surface area contributed by atoms with E-state index in [1.807, 2.05) is 0 Å². The van der Waals surface area contributed by atoms with E-state index in [2.05, 4.69) is 16.5 Å². The van der Waals surface area contributed by atoms with Crippen LogP contribution in [0.15, 0.2) is 49.3 Å². The van der Waals surface area contributed by atoms with Gasteiger partial charge < -0.3 is 5.11 Å². The van der Waals surface area contributed by atoms with Crippen LogP contribution in [0.4, 0.5) is 0 Å². The van der Waals surface area contributed by atoms with E-state index >= 15 is 0 Å². The van der Waals surface area contributed by atoms with Crippen LogP contribution in [0, 0.1) is 0 Å². The molecule has 0 bridgehead atoms. The average Bonchev–Trinajstić information content (AvgIpc) is 2.40. The van der Waals surface area contributed by atoms with Gasteiger partial charge in [-0.15, -0.1) is 6.58 Å². The second kappa shape index (κ2) is 5.23. The molecular weight excluding hydrogens is 228 g/mol. The van der Waals surface area contributed by atoms with E-state index in [0.717, 1.165) is 17.5 Å². The van der Waals surface area contributed by atoms with Gasteiger partial charge in [-0.3, -0.25) is 0 Å². The number of nitrogens with zero attached hydrogens (tertiary/aromatic N) is 2. The minimum atomic E-state index is -0.941. The van der Waals surface area contributed by atoms with Gasteiger partial charge in [0, 0.05) is 18.0 Å². The minimum Gasteiger partial charge on any atom is -0.478 e. The number of carboxylic acids is 1. The van der Waals surface area contributed by atoms with Crippen LogP contribution in [0.25, 0.3) is 11.4 Å². The Morgan fingerprint density at radius 1 is 1.22 bits per heavy atom. The SMILES string of the molecule is C=CCc1cnc(-c2ccc(C(=O)O)cc2)nc1. The summed E-state index contributed by atoms with van der Waals surface area (Å²) < 4.78 is 0. The first-order valence-corrected chi connectivity index (χ1v) is 5.46. The summed E-state index contributed by atoms with van der Waals surface area (Å²) in [6.45, 7) is 3.65. The third kappa shape index (κ3) is 2.60. The Morgan fingerprint density at radius 3 is 2.33 bits per heavy atom. The number of allylic oxidation sites excluding steroid dienone is 1. The molecule has 18 heavy (non-hydrogen) atoms. The summed E-state index contributed by atoms with van der Waals surface area (Å²) >= 11 is 0. The molecule has 0 aliphatic heterocycles.